The second-order valence-electron chi connectivity index (χ2n) is 9.12. The number of aryl methyl sites for hydroxylation is 1. The fourth-order valence-corrected chi connectivity index (χ4v) is 5.23. The maximum atomic E-state index is 13.8. The lowest BCUT2D eigenvalue weighted by atomic mass is 9.77. The fourth-order valence-electron chi connectivity index (χ4n) is 5.23. The maximum absolute atomic E-state index is 13.8. The van der Waals surface area contributed by atoms with Gasteiger partial charge in [-0.3, -0.25) is 9.98 Å². The number of aromatic nitrogens is 1. The van der Waals surface area contributed by atoms with E-state index in [0.29, 0.717) is 12.5 Å². The summed E-state index contributed by atoms with van der Waals surface area (Å²) in [4.78, 5) is 9.34. The number of rotatable bonds is 4. The Kier molecular flexibility index (Phi) is 4.83. The molecule has 0 amide bonds. The molecule has 3 heterocycles. The first kappa shape index (κ1) is 19.7. The van der Waals surface area contributed by atoms with Crippen molar-refractivity contribution in [1.29, 1.82) is 0 Å². The molecule has 1 fully saturated rings. The van der Waals surface area contributed by atoms with Gasteiger partial charge in [-0.05, 0) is 86.7 Å². The highest BCUT2D eigenvalue weighted by Gasteiger charge is 2.34. The third-order valence-corrected chi connectivity index (χ3v) is 6.85. The van der Waals surface area contributed by atoms with Crippen LogP contribution in [0.25, 0.3) is 10.9 Å². The zero-order chi connectivity index (χ0) is 21.7. The van der Waals surface area contributed by atoms with Crippen molar-refractivity contribution in [2.24, 2.45) is 10.9 Å². The predicted octanol–water partition coefficient (Wildman–Crippen LogP) is 5.08. The van der Waals surface area contributed by atoms with Crippen LogP contribution in [0.3, 0.4) is 0 Å². The fraction of sp³-hybridized carbons (Fsp3) is 0.385. The van der Waals surface area contributed by atoms with Gasteiger partial charge in [0.05, 0.1) is 11.2 Å². The molecule has 2 aromatic carbocycles. The van der Waals surface area contributed by atoms with Crippen molar-refractivity contribution in [3.63, 3.8) is 0 Å². The lowest BCUT2D eigenvalue weighted by Crippen LogP contribution is -2.40. The third kappa shape index (κ3) is 3.52. The number of hydrogen-bond donors (Lipinski definition) is 1. The molecule has 6 heteroatoms. The first-order chi connectivity index (χ1) is 15.6. The minimum atomic E-state index is -0.173. The largest absolute Gasteiger partial charge is 0.486 e. The number of nitrogens with zero attached hydrogens (tertiary/aromatic N) is 2. The van der Waals surface area contributed by atoms with E-state index in [4.69, 9.17) is 14.5 Å². The molecule has 1 saturated carbocycles. The van der Waals surface area contributed by atoms with Crippen molar-refractivity contribution in [3.8, 4) is 11.5 Å². The highest BCUT2D eigenvalue weighted by molar-refractivity contribution is 5.98. The van der Waals surface area contributed by atoms with E-state index in [0.717, 1.165) is 71.7 Å². The van der Waals surface area contributed by atoms with E-state index in [2.05, 4.69) is 16.4 Å². The standard InChI is InChI=1S/C26H26FN3O2/c1-15-2-5-19-22(29-15)8-9-25-26(19)32-18(14-31-25)13-28-12-16-3-6-23-20(10-16)21-11-17(27)4-7-24(21)30-23/h2,4-5,7-9,11,16,18,20,28H,3,6,10,12-14H2,1H3/t16?,18-,20?/m0/s1. The first-order valence-electron chi connectivity index (χ1n) is 11.4. The van der Waals surface area contributed by atoms with E-state index in [1.54, 1.807) is 6.07 Å². The molecule has 0 bridgehead atoms. The molecule has 32 heavy (non-hydrogen) atoms. The molecule has 0 spiro atoms. The summed E-state index contributed by atoms with van der Waals surface area (Å²) in [5.41, 5.74) is 5.14. The van der Waals surface area contributed by atoms with Crippen molar-refractivity contribution in [1.82, 2.24) is 10.3 Å². The summed E-state index contributed by atoms with van der Waals surface area (Å²) < 4.78 is 26.1. The number of benzene rings is 2. The van der Waals surface area contributed by atoms with E-state index in [-0.39, 0.29) is 17.8 Å². The van der Waals surface area contributed by atoms with Crippen LogP contribution in [0.5, 0.6) is 11.5 Å². The lowest BCUT2D eigenvalue weighted by molar-refractivity contribution is 0.0914. The van der Waals surface area contributed by atoms with E-state index < -0.39 is 0 Å². The van der Waals surface area contributed by atoms with Crippen LogP contribution in [0.4, 0.5) is 10.1 Å². The van der Waals surface area contributed by atoms with E-state index in [1.165, 1.54) is 11.8 Å². The van der Waals surface area contributed by atoms with Gasteiger partial charge in [0.2, 0.25) is 0 Å². The molecular formula is C26H26FN3O2. The van der Waals surface area contributed by atoms with Crippen LogP contribution in [0.1, 0.15) is 36.4 Å². The number of fused-ring (bicyclic) bond motifs is 6. The Morgan fingerprint density at radius 3 is 3.00 bits per heavy atom. The maximum Gasteiger partial charge on any atom is 0.171 e. The van der Waals surface area contributed by atoms with Crippen molar-refractivity contribution in [2.75, 3.05) is 19.7 Å². The summed E-state index contributed by atoms with van der Waals surface area (Å²) in [5.74, 6) is 2.21. The summed E-state index contributed by atoms with van der Waals surface area (Å²) in [5, 5.41) is 4.58. The third-order valence-electron chi connectivity index (χ3n) is 6.85. The minimum absolute atomic E-state index is 0.0450. The molecule has 2 aliphatic heterocycles. The molecule has 1 aliphatic carbocycles. The molecule has 1 aromatic heterocycles. The number of pyridine rings is 1. The quantitative estimate of drug-likeness (QED) is 0.626. The van der Waals surface area contributed by atoms with Crippen LogP contribution in [-0.2, 0) is 0 Å². The second kappa shape index (κ2) is 7.85. The average Bonchev–Trinajstić information content (AvgIpc) is 3.16. The average molecular weight is 432 g/mol. The molecule has 1 N–H and O–H groups in total. The molecule has 3 aromatic rings. The van der Waals surface area contributed by atoms with Gasteiger partial charge >= 0.3 is 0 Å². The Morgan fingerprint density at radius 2 is 2.06 bits per heavy atom. The molecule has 164 valence electrons. The first-order valence-corrected chi connectivity index (χ1v) is 11.4. The zero-order valence-electron chi connectivity index (χ0n) is 18.1. The van der Waals surface area contributed by atoms with Crippen LogP contribution in [-0.4, -0.2) is 36.5 Å². The Labute approximate surface area is 186 Å². The molecule has 3 atom stereocenters. The van der Waals surface area contributed by atoms with Gasteiger partial charge in [0, 0.05) is 29.3 Å². The van der Waals surface area contributed by atoms with E-state index >= 15 is 0 Å². The van der Waals surface area contributed by atoms with E-state index in [1.807, 2.05) is 31.2 Å². The van der Waals surface area contributed by atoms with E-state index in [9.17, 15) is 4.39 Å². The van der Waals surface area contributed by atoms with Crippen LogP contribution < -0.4 is 14.8 Å². The number of hydrogen-bond acceptors (Lipinski definition) is 5. The molecule has 3 aliphatic rings. The van der Waals surface area contributed by atoms with Crippen molar-refractivity contribution < 1.29 is 13.9 Å². The Bertz CT molecular complexity index is 1230. The number of halogens is 1. The zero-order valence-corrected chi connectivity index (χ0v) is 18.1. The Hall–Kier alpha value is -2.99. The van der Waals surface area contributed by atoms with Gasteiger partial charge in [-0.25, -0.2) is 4.39 Å². The molecule has 0 radical (unpaired) electrons. The summed E-state index contributed by atoms with van der Waals surface area (Å²) >= 11 is 0. The van der Waals surface area contributed by atoms with Gasteiger partial charge in [-0.2, -0.15) is 0 Å². The summed E-state index contributed by atoms with van der Waals surface area (Å²) in [6.45, 7) is 4.16. The topological polar surface area (TPSA) is 55.7 Å². The molecular weight excluding hydrogens is 405 g/mol. The molecule has 0 saturated heterocycles. The van der Waals surface area contributed by atoms with Gasteiger partial charge in [0.15, 0.2) is 11.5 Å². The number of aliphatic imine (C=N–C) groups is 1. The van der Waals surface area contributed by atoms with Crippen molar-refractivity contribution in [3.05, 3.63) is 59.5 Å². The SMILES string of the molecule is Cc1ccc2c3c(ccc2n1)OC[C@H](CNCC1CCC2=Nc4ccc(F)cc4C2C1)O3. The van der Waals surface area contributed by atoms with Crippen LogP contribution in [0.15, 0.2) is 47.5 Å². The van der Waals surface area contributed by atoms with Gasteiger partial charge in [-0.1, -0.05) is 0 Å². The van der Waals surface area contributed by atoms with Gasteiger partial charge < -0.3 is 14.8 Å². The Morgan fingerprint density at radius 1 is 1.12 bits per heavy atom. The van der Waals surface area contributed by atoms with Crippen LogP contribution >= 0.6 is 0 Å². The van der Waals surface area contributed by atoms with Gasteiger partial charge in [0.25, 0.3) is 0 Å². The van der Waals surface area contributed by atoms with Crippen molar-refractivity contribution in [2.45, 2.75) is 38.2 Å². The smallest absolute Gasteiger partial charge is 0.171 e. The Balaban J connectivity index is 1.08. The summed E-state index contributed by atoms with van der Waals surface area (Å²) in [6, 6.07) is 13.0. The summed E-state index contributed by atoms with van der Waals surface area (Å²) in [6.07, 6.45) is 3.07. The minimum Gasteiger partial charge on any atom is -0.486 e. The van der Waals surface area contributed by atoms with Gasteiger partial charge in [0.1, 0.15) is 18.5 Å². The monoisotopic (exact) mass is 431 g/mol. The lowest BCUT2D eigenvalue weighted by Gasteiger charge is -2.30. The number of ether oxygens (including phenoxy) is 2. The summed E-state index contributed by atoms with van der Waals surface area (Å²) in [7, 11) is 0. The van der Waals surface area contributed by atoms with Gasteiger partial charge in [-0.15, -0.1) is 0 Å². The van der Waals surface area contributed by atoms with Crippen LogP contribution in [0, 0.1) is 18.7 Å². The highest BCUT2D eigenvalue weighted by atomic mass is 19.1. The van der Waals surface area contributed by atoms with Crippen LogP contribution in [0.2, 0.25) is 0 Å². The predicted molar refractivity (Wildman–Crippen MR) is 123 cm³/mol. The normalized spacial score (nSPS) is 23.6. The molecule has 5 nitrogen and oxygen atoms in total. The second-order valence-corrected chi connectivity index (χ2v) is 9.12. The molecule has 6 rings (SSSR count). The van der Waals surface area contributed by atoms with Crippen molar-refractivity contribution >= 4 is 22.3 Å². The molecule has 2 unspecified atom stereocenters. The number of nitrogens with one attached hydrogen (secondary N) is 1. The highest BCUT2D eigenvalue weighted by Crippen LogP contribution is 2.44.